The van der Waals surface area contributed by atoms with E-state index in [1.54, 1.807) is 12.4 Å². The van der Waals surface area contributed by atoms with Crippen molar-refractivity contribution < 1.29 is 9.59 Å². The third kappa shape index (κ3) is 2.57. The SMILES string of the molecule is Cc1cc(C(=O)N2CCC3(CC2)c2nc[nH]c2CCN3C(=O)C2CCC2)n[nH]1. The second-order valence-corrected chi connectivity index (χ2v) is 8.36. The molecule has 2 aromatic rings. The van der Waals surface area contributed by atoms with Crippen molar-refractivity contribution >= 4 is 11.8 Å². The Kier molecular flexibility index (Phi) is 4.03. The molecule has 2 fully saturated rings. The van der Waals surface area contributed by atoms with Crippen LogP contribution in [0.25, 0.3) is 0 Å². The van der Waals surface area contributed by atoms with E-state index in [2.05, 4.69) is 25.1 Å². The Morgan fingerprint density at radius 1 is 1.21 bits per heavy atom. The van der Waals surface area contributed by atoms with Crippen molar-refractivity contribution in [2.75, 3.05) is 19.6 Å². The van der Waals surface area contributed by atoms with E-state index in [1.165, 1.54) is 0 Å². The summed E-state index contributed by atoms with van der Waals surface area (Å²) in [5.74, 6) is 0.404. The molecule has 8 heteroatoms. The van der Waals surface area contributed by atoms with E-state index in [1.807, 2.05) is 11.8 Å². The number of hydrogen-bond acceptors (Lipinski definition) is 4. The average molecular weight is 382 g/mol. The van der Waals surface area contributed by atoms with Crippen LogP contribution in [-0.2, 0) is 16.8 Å². The fourth-order valence-corrected chi connectivity index (χ4v) is 4.95. The fourth-order valence-electron chi connectivity index (χ4n) is 4.95. The summed E-state index contributed by atoms with van der Waals surface area (Å²) in [6.07, 6.45) is 7.16. The highest BCUT2D eigenvalue weighted by Gasteiger charge is 2.50. The summed E-state index contributed by atoms with van der Waals surface area (Å²) >= 11 is 0. The van der Waals surface area contributed by atoms with Crippen LogP contribution in [0.3, 0.4) is 0 Å². The quantitative estimate of drug-likeness (QED) is 0.827. The molecule has 4 heterocycles. The molecule has 1 spiro atoms. The number of amides is 2. The number of likely N-dealkylation sites (tertiary alicyclic amines) is 1. The second kappa shape index (κ2) is 6.46. The first-order chi connectivity index (χ1) is 13.6. The zero-order valence-electron chi connectivity index (χ0n) is 16.2. The minimum atomic E-state index is -0.390. The molecule has 5 rings (SSSR count). The first-order valence-corrected chi connectivity index (χ1v) is 10.2. The molecule has 2 amide bonds. The first-order valence-electron chi connectivity index (χ1n) is 10.2. The number of imidazole rings is 1. The van der Waals surface area contributed by atoms with Crippen molar-refractivity contribution in [1.29, 1.82) is 0 Å². The predicted molar refractivity (Wildman–Crippen MR) is 101 cm³/mol. The van der Waals surface area contributed by atoms with Crippen LogP contribution in [0.5, 0.6) is 0 Å². The van der Waals surface area contributed by atoms with Gasteiger partial charge in [-0.05, 0) is 38.7 Å². The molecule has 28 heavy (non-hydrogen) atoms. The van der Waals surface area contributed by atoms with Crippen LogP contribution in [0, 0.1) is 12.8 Å². The maximum absolute atomic E-state index is 13.2. The van der Waals surface area contributed by atoms with E-state index >= 15 is 0 Å². The molecule has 2 aromatic heterocycles. The molecular formula is C20H26N6O2. The highest BCUT2D eigenvalue weighted by Crippen LogP contribution is 2.44. The van der Waals surface area contributed by atoms with Gasteiger partial charge in [-0.15, -0.1) is 0 Å². The molecule has 1 aliphatic carbocycles. The van der Waals surface area contributed by atoms with Crippen LogP contribution in [-0.4, -0.2) is 61.4 Å². The van der Waals surface area contributed by atoms with Crippen LogP contribution in [0.4, 0.5) is 0 Å². The number of piperidine rings is 1. The summed E-state index contributed by atoms with van der Waals surface area (Å²) < 4.78 is 0. The molecule has 148 valence electrons. The normalized spacial score (nSPS) is 21.5. The number of aromatic amines is 2. The molecular weight excluding hydrogens is 356 g/mol. The summed E-state index contributed by atoms with van der Waals surface area (Å²) in [5, 5.41) is 6.95. The zero-order valence-corrected chi connectivity index (χ0v) is 16.2. The second-order valence-electron chi connectivity index (χ2n) is 8.36. The van der Waals surface area contributed by atoms with Crippen LogP contribution >= 0.6 is 0 Å². The van der Waals surface area contributed by atoms with Gasteiger partial charge in [-0.1, -0.05) is 6.42 Å². The van der Waals surface area contributed by atoms with Crippen molar-refractivity contribution in [1.82, 2.24) is 30.0 Å². The predicted octanol–water partition coefficient (Wildman–Crippen LogP) is 1.76. The average Bonchev–Trinajstić information content (AvgIpc) is 3.30. The smallest absolute Gasteiger partial charge is 0.274 e. The van der Waals surface area contributed by atoms with Gasteiger partial charge in [0.15, 0.2) is 0 Å². The van der Waals surface area contributed by atoms with Crippen molar-refractivity contribution in [3.05, 3.63) is 35.2 Å². The Labute approximate surface area is 163 Å². The minimum absolute atomic E-state index is 0.0471. The number of carbonyl (C=O) groups excluding carboxylic acids is 2. The van der Waals surface area contributed by atoms with E-state index in [0.29, 0.717) is 18.8 Å². The first kappa shape index (κ1) is 17.5. The summed E-state index contributed by atoms with van der Waals surface area (Å²) in [5.41, 5.74) is 3.09. The van der Waals surface area contributed by atoms with Gasteiger partial charge in [-0.3, -0.25) is 14.7 Å². The maximum Gasteiger partial charge on any atom is 0.274 e. The van der Waals surface area contributed by atoms with Crippen LogP contribution in [0.2, 0.25) is 0 Å². The van der Waals surface area contributed by atoms with Gasteiger partial charge in [0.1, 0.15) is 5.69 Å². The van der Waals surface area contributed by atoms with Gasteiger partial charge >= 0.3 is 0 Å². The number of hydrogen-bond donors (Lipinski definition) is 2. The highest BCUT2D eigenvalue weighted by molar-refractivity contribution is 5.92. The van der Waals surface area contributed by atoms with Crippen molar-refractivity contribution in [3.8, 4) is 0 Å². The van der Waals surface area contributed by atoms with Crippen molar-refractivity contribution in [2.24, 2.45) is 5.92 Å². The van der Waals surface area contributed by atoms with Gasteiger partial charge in [0.05, 0.1) is 17.6 Å². The molecule has 0 radical (unpaired) electrons. The van der Waals surface area contributed by atoms with Gasteiger partial charge in [0, 0.05) is 43.4 Å². The van der Waals surface area contributed by atoms with E-state index in [0.717, 1.165) is 62.2 Å². The Balaban J connectivity index is 1.41. The van der Waals surface area contributed by atoms with Crippen LogP contribution in [0.15, 0.2) is 12.4 Å². The third-order valence-electron chi connectivity index (χ3n) is 6.78. The number of fused-ring (bicyclic) bond motifs is 2. The Bertz CT molecular complexity index is 903. The number of aromatic nitrogens is 4. The molecule has 1 saturated heterocycles. The molecule has 3 aliphatic rings. The Morgan fingerprint density at radius 3 is 2.64 bits per heavy atom. The summed E-state index contributed by atoms with van der Waals surface area (Å²) in [7, 11) is 0. The Hall–Kier alpha value is -2.64. The van der Waals surface area contributed by atoms with Gasteiger partial charge in [0.25, 0.3) is 5.91 Å². The summed E-state index contributed by atoms with van der Waals surface area (Å²) in [6, 6.07) is 1.78. The number of carbonyl (C=O) groups is 2. The molecule has 2 aliphatic heterocycles. The van der Waals surface area contributed by atoms with Gasteiger partial charge < -0.3 is 14.8 Å². The lowest BCUT2D eigenvalue weighted by Crippen LogP contribution is -2.60. The number of aryl methyl sites for hydroxylation is 1. The third-order valence-corrected chi connectivity index (χ3v) is 6.78. The number of nitrogens with one attached hydrogen (secondary N) is 2. The Morgan fingerprint density at radius 2 is 2.00 bits per heavy atom. The van der Waals surface area contributed by atoms with E-state index in [4.69, 9.17) is 0 Å². The van der Waals surface area contributed by atoms with E-state index in [-0.39, 0.29) is 17.7 Å². The minimum Gasteiger partial charge on any atom is -0.348 e. The lowest BCUT2D eigenvalue weighted by Gasteiger charge is -2.51. The van der Waals surface area contributed by atoms with E-state index in [9.17, 15) is 9.59 Å². The van der Waals surface area contributed by atoms with Gasteiger partial charge in [0.2, 0.25) is 5.91 Å². The monoisotopic (exact) mass is 382 g/mol. The van der Waals surface area contributed by atoms with Crippen LogP contribution in [0.1, 0.15) is 59.7 Å². The molecule has 0 unspecified atom stereocenters. The molecule has 8 nitrogen and oxygen atoms in total. The summed E-state index contributed by atoms with van der Waals surface area (Å²) in [6.45, 7) is 3.83. The van der Waals surface area contributed by atoms with Gasteiger partial charge in [-0.2, -0.15) is 5.10 Å². The number of rotatable bonds is 2. The lowest BCUT2D eigenvalue weighted by atomic mass is 9.76. The highest BCUT2D eigenvalue weighted by atomic mass is 16.2. The zero-order chi connectivity index (χ0) is 19.3. The number of nitrogens with zero attached hydrogens (tertiary/aromatic N) is 4. The largest absolute Gasteiger partial charge is 0.348 e. The van der Waals surface area contributed by atoms with Crippen molar-refractivity contribution in [2.45, 2.75) is 51.0 Å². The van der Waals surface area contributed by atoms with Gasteiger partial charge in [-0.25, -0.2) is 4.98 Å². The molecule has 2 N–H and O–H groups in total. The standard InChI is InChI=1S/C20H26N6O2/c1-13-11-16(24-23-13)19(28)25-9-6-20(7-10-25)17-15(21-12-22-17)5-8-26(20)18(27)14-3-2-4-14/h11-12,14H,2-10H2,1H3,(H,21,22)(H,23,24). The molecule has 0 aromatic carbocycles. The molecule has 0 bridgehead atoms. The topological polar surface area (TPSA) is 98.0 Å². The molecule has 0 atom stereocenters. The van der Waals surface area contributed by atoms with Crippen molar-refractivity contribution in [3.63, 3.8) is 0 Å². The maximum atomic E-state index is 13.2. The lowest BCUT2D eigenvalue weighted by molar-refractivity contribution is -0.148. The van der Waals surface area contributed by atoms with E-state index < -0.39 is 5.54 Å². The summed E-state index contributed by atoms with van der Waals surface area (Å²) in [4.78, 5) is 37.9. The number of H-pyrrole nitrogens is 2. The fraction of sp³-hybridized carbons (Fsp3) is 0.600. The molecule has 1 saturated carbocycles. The van der Waals surface area contributed by atoms with Crippen LogP contribution < -0.4 is 0 Å².